The summed E-state index contributed by atoms with van der Waals surface area (Å²) in [5.41, 5.74) is 1.98. The van der Waals surface area contributed by atoms with Crippen LogP contribution in [-0.2, 0) is 0 Å². The molecule has 2 aromatic rings. The number of aliphatic hydroxyl groups excluding tert-OH is 1. The Hall–Kier alpha value is -1.79. The molecule has 0 atom stereocenters. The lowest BCUT2D eigenvalue weighted by Crippen LogP contribution is -2.26. The number of thioether (sulfide) groups is 1. The molecule has 118 valence electrons. The van der Waals surface area contributed by atoms with E-state index >= 15 is 0 Å². The zero-order chi connectivity index (χ0) is 15.8. The molecule has 0 unspecified atom stereocenters. The highest BCUT2D eigenvalue weighted by atomic mass is 32.2. The number of furan rings is 1. The first-order chi connectivity index (χ1) is 10.7. The zero-order valence-corrected chi connectivity index (χ0v) is 13.4. The van der Waals surface area contributed by atoms with Crippen molar-refractivity contribution in [2.45, 2.75) is 13.3 Å². The summed E-state index contributed by atoms with van der Waals surface area (Å²) >= 11 is 1.72. The molecule has 5 nitrogen and oxygen atoms in total. The van der Waals surface area contributed by atoms with Crippen LogP contribution in [0.1, 0.15) is 22.5 Å². The molecule has 1 amide bonds. The van der Waals surface area contributed by atoms with Crippen molar-refractivity contribution in [3.63, 3.8) is 0 Å². The Morgan fingerprint density at radius 3 is 2.91 bits per heavy atom. The molecule has 22 heavy (non-hydrogen) atoms. The topological polar surface area (TPSA) is 75.4 Å². The van der Waals surface area contributed by atoms with Crippen molar-refractivity contribution >= 4 is 17.7 Å². The highest BCUT2D eigenvalue weighted by Crippen LogP contribution is 2.19. The molecule has 0 aliphatic rings. The second kappa shape index (κ2) is 8.60. The first-order valence-electron chi connectivity index (χ1n) is 7.20. The molecular formula is C16H20N2O3S. The van der Waals surface area contributed by atoms with E-state index in [4.69, 9.17) is 9.52 Å². The summed E-state index contributed by atoms with van der Waals surface area (Å²) in [6, 6.07) is 7.21. The van der Waals surface area contributed by atoms with E-state index in [2.05, 4.69) is 10.3 Å². The van der Waals surface area contributed by atoms with Gasteiger partial charge in [0.25, 0.3) is 5.91 Å². The van der Waals surface area contributed by atoms with E-state index in [0.29, 0.717) is 23.6 Å². The molecule has 0 radical (unpaired) electrons. The van der Waals surface area contributed by atoms with Crippen LogP contribution in [0.3, 0.4) is 0 Å². The molecular weight excluding hydrogens is 300 g/mol. The highest BCUT2D eigenvalue weighted by molar-refractivity contribution is 7.99. The standard InChI is InChI=1S/C16H20N2O3S/c1-12-13(16(20)17-7-11-22-10-3-8-19)5-6-14(18-12)15-4-2-9-21-15/h2,4-6,9,19H,3,7-8,10-11H2,1H3,(H,17,20). The number of aliphatic hydroxyl groups is 1. The molecule has 0 aliphatic carbocycles. The van der Waals surface area contributed by atoms with Gasteiger partial charge < -0.3 is 14.8 Å². The van der Waals surface area contributed by atoms with Gasteiger partial charge in [-0.05, 0) is 43.4 Å². The Morgan fingerprint density at radius 2 is 2.23 bits per heavy atom. The van der Waals surface area contributed by atoms with E-state index in [9.17, 15) is 4.79 Å². The molecule has 6 heteroatoms. The van der Waals surface area contributed by atoms with Gasteiger partial charge in [-0.25, -0.2) is 4.98 Å². The normalized spacial score (nSPS) is 10.6. The van der Waals surface area contributed by atoms with Crippen molar-refractivity contribution in [3.8, 4) is 11.5 Å². The fraction of sp³-hybridized carbons (Fsp3) is 0.375. The number of hydrogen-bond acceptors (Lipinski definition) is 5. The van der Waals surface area contributed by atoms with Crippen LogP contribution >= 0.6 is 11.8 Å². The Kier molecular flexibility index (Phi) is 6.48. The van der Waals surface area contributed by atoms with Crippen molar-refractivity contribution in [2.24, 2.45) is 0 Å². The van der Waals surface area contributed by atoms with E-state index < -0.39 is 0 Å². The van der Waals surface area contributed by atoms with Gasteiger partial charge in [0, 0.05) is 18.9 Å². The number of hydrogen-bond donors (Lipinski definition) is 2. The molecule has 0 spiro atoms. The predicted octanol–water partition coefficient (Wildman–Crippen LogP) is 2.50. The monoisotopic (exact) mass is 320 g/mol. The summed E-state index contributed by atoms with van der Waals surface area (Å²) in [6.07, 6.45) is 2.39. The second-order valence-corrected chi connectivity index (χ2v) is 5.98. The molecule has 2 rings (SSSR count). The third-order valence-electron chi connectivity index (χ3n) is 3.08. The maximum atomic E-state index is 12.1. The van der Waals surface area contributed by atoms with Crippen molar-refractivity contribution in [1.29, 1.82) is 0 Å². The summed E-state index contributed by atoms with van der Waals surface area (Å²) in [5.74, 6) is 2.32. The number of carbonyl (C=O) groups excluding carboxylic acids is 1. The van der Waals surface area contributed by atoms with E-state index in [0.717, 1.165) is 23.6 Å². The first kappa shape index (κ1) is 16.6. The minimum atomic E-state index is -0.112. The minimum Gasteiger partial charge on any atom is -0.463 e. The lowest BCUT2D eigenvalue weighted by molar-refractivity contribution is 0.0955. The van der Waals surface area contributed by atoms with Crippen LogP contribution in [0.2, 0.25) is 0 Å². The van der Waals surface area contributed by atoms with Gasteiger partial charge in [0.2, 0.25) is 0 Å². The smallest absolute Gasteiger partial charge is 0.253 e. The maximum absolute atomic E-state index is 12.1. The molecule has 0 aliphatic heterocycles. The van der Waals surface area contributed by atoms with Crippen molar-refractivity contribution in [2.75, 3.05) is 24.7 Å². The van der Waals surface area contributed by atoms with Crippen LogP contribution in [0.4, 0.5) is 0 Å². The predicted molar refractivity (Wildman–Crippen MR) is 88.0 cm³/mol. The molecule has 0 fully saturated rings. The van der Waals surface area contributed by atoms with Gasteiger partial charge in [0.05, 0.1) is 17.5 Å². The average Bonchev–Trinajstić information content (AvgIpc) is 3.04. The molecule has 0 saturated heterocycles. The summed E-state index contributed by atoms with van der Waals surface area (Å²) in [7, 11) is 0. The number of aryl methyl sites for hydroxylation is 1. The van der Waals surface area contributed by atoms with Crippen LogP contribution in [0.5, 0.6) is 0 Å². The highest BCUT2D eigenvalue weighted by Gasteiger charge is 2.11. The van der Waals surface area contributed by atoms with Crippen LogP contribution in [0.15, 0.2) is 34.9 Å². The van der Waals surface area contributed by atoms with Crippen molar-refractivity contribution < 1.29 is 14.3 Å². The third-order valence-corrected chi connectivity index (χ3v) is 4.15. The number of rotatable bonds is 8. The largest absolute Gasteiger partial charge is 0.463 e. The lowest BCUT2D eigenvalue weighted by atomic mass is 10.1. The number of nitrogens with zero attached hydrogens (tertiary/aromatic N) is 1. The molecule has 0 saturated carbocycles. The Balaban J connectivity index is 1.88. The molecule has 0 bridgehead atoms. The van der Waals surface area contributed by atoms with Gasteiger partial charge in [0.15, 0.2) is 5.76 Å². The lowest BCUT2D eigenvalue weighted by Gasteiger charge is -2.08. The van der Waals surface area contributed by atoms with Gasteiger partial charge in [0.1, 0.15) is 5.69 Å². The van der Waals surface area contributed by atoms with E-state index in [1.807, 2.05) is 13.0 Å². The number of amides is 1. The number of pyridine rings is 1. The minimum absolute atomic E-state index is 0.112. The van der Waals surface area contributed by atoms with Crippen molar-refractivity contribution in [1.82, 2.24) is 10.3 Å². The fourth-order valence-electron chi connectivity index (χ4n) is 1.96. The summed E-state index contributed by atoms with van der Waals surface area (Å²) < 4.78 is 5.30. The van der Waals surface area contributed by atoms with Crippen LogP contribution in [0, 0.1) is 6.92 Å². The van der Waals surface area contributed by atoms with Crippen LogP contribution < -0.4 is 5.32 Å². The number of aromatic nitrogens is 1. The van der Waals surface area contributed by atoms with Gasteiger partial charge >= 0.3 is 0 Å². The van der Waals surface area contributed by atoms with E-state index in [-0.39, 0.29) is 12.5 Å². The van der Waals surface area contributed by atoms with E-state index in [1.165, 1.54) is 0 Å². The first-order valence-corrected chi connectivity index (χ1v) is 8.36. The van der Waals surface area contributed by atoms with E-state index in [1.54, 1.807) is 36.2 Å². The molecule has 0 aromatic carbocycles. The Bertz CT molecular complexity index is 599. The van der Waals surface area contributed by atoms with Gasteiger partial charge in [-0.15, -0.1) is 0 Å². The van der Waals surface area contributed by atoms with Crippen LogP contribution in [-0.4, -0.2) is 40.7 Å². The molecule has 2 aromatic heterocycles. The summed E-state index contributed by atoms with van der Waals surface area (Å²) in [6.45, 7) is 2.64. The second-order valence-electron chi connectivity index (χ2n) is 4.75. The van der Waals surface area contributed by atoms with Gasteiger partial charge in [-0.2, -0.15) is 11.8 Å². The summed E-state index contributed by atoms with van der Waals surface area (Å²) in [4.78, 5) is 16.5. The van der Waals surface area contributed by atoms with Crippen molar-refractivity contribution in [3.05, 3.63) is 41.8 Å². The molecule has 2 N–H and O–H groups in total. The summed E-state index contributed by atoms with van der Waals surface area (Å²) in [5, 5.41) is 11.6. The third kappa shape index (κ3) is 4.61. The fourth-order valence-corrected chi connectivity index (χ4v) is 2.75. The van der Waals surface area contributed by atoms with Gasteiger partial charge in [-0.1, -0.05) is 0 Å². The Labute approximate surface area is 134 Å². The van der Waals surface area contributed by atoms with Crippen LogP contribution in [0.25, 0.3) is 11.5 Å². The number of carbonyl (C=O) groups is 1. The zero-order valence-electron chi connectivity index (χ0n) is 12.5. The van der Waals surface area contributed by atoms with Gasteiger partial charge in [-0.3, -0.25) is 4.79 Å². The SMILES string of the molecule is Cc1nc(-c2ccco2)ccc1C(=O)NCCSCCCO. The number of nitrogens with one attached hydrogen (secondary N) is 1. The maximum Gasteiger partial charge on any atom is 0.253 e. The quantitative estimate of drug-likeness (QED) is 0.731. The Morgan fingerprint density at radius 1 is 1.36 bits per heavy atom. The molecule has 2 heterocycles. The average molecular weight is 320 g/mol.